The molecule has 0 aliphatic carbocycles. The van der Waals surface area contributed by atoms with Crippen LogP contribution >= 0.6 is 22.6 Å². The van der Waals surface area contributed by atoms with Crippen LogP contribution < -0.4 is 0 Å². The molecule has 1 saturated heterocycles. The first kappa shape index (κ1) is 14.9. The molecule has 1 fully saturated rings. The zero-order chi connectivity index (χ0) is 14.0. The van der Waals surface area contributed by atoms with Crippen LogP contribution in [-0.4, -0.2) is 50.2 Å². The third-order valence-corrected chi connectivity index (χ3v) is 5.86. The van der Waals surface area contributed by atoms with E-state index in [0.29, 0.717) is 12.0 Å². The summed E-state index contributed by atoms with van der Waals surface area (Å²) >= 11 is 2.19. The van der Waals surface area contributed by atoms with Crippen LogP contribution in [0, 0.1) is 3.57 Å². The van der Waals surface area contributed by atoms with Crippen LogP contribution in [0.15, 0.2) is 24.3 Å². The van der Waals surface area contributed by atoms with E-state index in [1.54, 1.807) is 0 Å². The Morgan fingerprint density at radius 2 is 2.00 bits per heavy atom. The lowest BCUT2D eigenvalue weighted by Crippen LogP contribution is -2.36. The second kappa shape index (κ2) is 5.88. The van der Waals surface area contributed by atoms with Gasteiger partial charge in [-0.25, -0.2) is 8.42 Å². The standard InChI is InChI=1S/C13H16INO3S/c1-15(12-6-7-19(17,18)9-12)8-13(16)10-2-4-11(14)5-3-10/h2-5,12H,6-9H2,1H3. The van der Waals surface area contributed by atoms with Crippen molar-refractivity contribution < 1.29 is 13.2 Å². The van der Waals surface area contributed by atoms with Crippen molar-refractivity contribution in [1.29, 1.82) is 0 Å². The fourth-order valence-electron chi connectivity index (χ4n) is 2.21. The summed E-state index contributed by atoms with van der Waals surface area (Å²) in [6, 6.07) is 7.38. The van der Waals surface area contributed by atoms with E-state index in [1.165, 1.54) is 0 Å². The molecule has 6 heteroatoms. The molecule has 0 saturated carbocycles. The molecule has 1 aliphatic heterocycles. The Morgan fingerprint density at radius 1 is 1.37 bits per heavy atom. The molecule has 1 atom stereocenters. The van der Waals surface area contributed by atoms with E-state index < -0.39 is 9.84 Å². The van der Waals surface area contributed by atoms with E-state index in [0.717, 1.165) is 3.57 Å². The SMILES string of the molecule is CN(CC(=O)c1ccc(I)cc1)C1CCS(=O)(=O)C1. The van der Waals surface area contributed by atoms with Gasteiger partial charge in [-0.2, -0.15) is 0 Å². The fraction of sp³-hybridized carbons (Fsp3) is 0.462. The zero-order valence-electron chi connectivity index (χ0n) is 10.7. The Bertz CT molecular complexity index is 568. The van der Waals surface area contributed by atoms with Gasteiger partial charge in [0.25, 0.3) is 0 Å². The van der Waals surface area contributed by atoms with Crippen LogP contribution in [0.5, 0.6) is 0 Å². The summed E-state index contributed by atoms with van der Waals surface area (Å²) in [5.74, 6) is 0.437. The van der Waals surface area contributed by atoms with Gasteiger partial charge in [-0.15, -0.1) is 0 Å². The van der Waals surface area contributed by atoms with E-state index >= 15 is 0 Å². The molecule has 1 unspecified atom stereocenters. The second-order valence-corrected chi connectivity index (χ2v) is 8.38. The quantitative estimate of drug-likeness (QED) is 0.576. The van der Waals surface area contributed by atoms with Crippen molar-refractivity contribution in [2.24, 2.45) is 0 Å². The predicted octanol–water partition coefficient (Wildman–Crippen LogP) is 1.59. The van der Waals surface area contributed by atoms with Crippen molar-refractivity contribution >= 4 is 38.2 Å². The summed E-state index contributed by atoms with van der Waals surface area (Å²) < 4.78 is 23.9. The molecule has 0 N–H and O–H groups in total. The average Bonchev–Trinajstić information content (AvgIpc) is 2.70. The molecule has 2 rings (SSSR count). The van der Waals surface area contributed by atoms with Gasteiger partial charge in [-0.1, -0.05) is 12.1 Å². The van der Waals surface area contributed by atoms with Crippen LogP contribution in [0.25, 0.3) is 0 Å². The van der Waals surface area contributed by atoms with Crippen molar-refractivity contribution in [1.82, 2.24) is 4.90 Å². The number of benzene rings is 1. The van der Waals surface area contributed by atoms with Crippen molar-refractivity contribution in [3.05, 3.63) is 33.4 Å². The largest absolute Gasteiger partial charge is 0.295 e. The minimum atomic E-state index is -2.90. The number of sulfone groups is 1. The van der Waals surface area contributed by atoms with E-state index in [2.05, 4.69) is 22.6 Å². The van der Waals surface area contributed by atoms with E-state index in [4.69, 9.17) is 0 Å². The number of ketones is 1. The maximum Gasteiger partial charge on any atom is 0.176 e. The summed E-state index contributed by atoms with van der Waals surface area (Å²) in [5, 5.41) is 0. The second-order valence-electron chi connectivity index (χ2n) is 4.90. The van der Waals surface area contributed by atoms with E-state index in [9.17, 15) is 13.2 Å². The van der Waals surface area contributed by atoms with Crippen molar-refractivity contribution in [2.75, 3.05) is 25.1 Å². The molecule has 0 amide bonds. The number of likely N-dealkylation sites (N-methyl/N-ethyl adjacent to an activating group) is 1. The van der Waals surface area contributed by atoms with Crippen LogP contribution in [0.1, 0.15) is 16.8 Å². The van der Waals surface area contributed by atoms with Gasteiger partial charge < -0.3 is 0 Å². The summed E-state index contributed by atoms with van der Waals surface area (Å²) in [6.45, 7) is 0.265. The van der Waals surface area contributed by atoms with Gasteiger partial charge >= 0.3 is 0 Å². The summed E-state index contributed by atoms with van der Waals surface area (Å²) in [4.78, 5) is 13.9. The highest BCUT2D eigenvalue weighted by Crippen LogP contribution is 2.17. The highest BCUT2D eigenvalue weighted by Gasteiger charge is 2.31. The molecule has 0 aromatic heterocycles. The highest BCUT2D eigenvalue weighted by molar-refractivity contribution is 14.1. The summed E-state index contributed by atoms with van der Waals surface area (Å²) in [6.07, 6.45) is 0.624. The molecular formula is C13H16INO3S. The molecule has 1 aliphatic rings. The lowest BCUT2D eigenvalue weighted by molar-refractivity contribution is 0.0926. The summed E-state index contributed by atoms with van der Waals surface area (Å²) in [5.41, 5.74) is 0.674. The first-order valence-corrected chi connectivity index (χ1v) is 8.97. The first-order chi connectivity index (χ1) is 8.87. The number of Topliss-reactive ketones (excluding diaryl/α,β-unsaturated/α-hetero) is 1. The van der Waals surface area contributed by atoms with Crippen LogP contribution in [0.2, 0.25) is 0 Å². The van der Waals surface area contributed by atoms with E-state index in [1.807, 2.05) is 36.2 Å². The molecule has 0 radical (unpaired) electrons. The predicted molar refractivity (Wildman–Crippen MR) is 83.2 cm³/mol. The van der Waals surface area contributed by atoms with Gasteiger partial charge in [0.15, 0.2) is 15.6 Å². The number of carbonyl (C=O) groups is 1. The summed E-state index contributed by atoms with van der Waals surface area (Å²) in [7, 11) is -1.08. The lowest BCUT2D eigenvalue weighted by Gasteiger charge is -2.22. The van der Waals surface area contributed by atoms with Crippen LogP contribution in [0.4, 0.5) is 0 Å². The molecule has 4 nitrogen and oxygen atoms in total. The maximum atomic E-state index is 12.1. The molecule has 0 spiro atoms. The Morgan fingerprint density at radius 3 is 2.53 bits per heavy atom. The average molecular weight is 393 g/mol. The number of rotatable bonds is 4. The first-order valence-electron chi connectivity index (χ1n) is 6.07. The smallest absolute Gasteiger partial charge is 0.176 e. The third-order valence-electron chi connectivity index (χ3n) is 3.39. The van der Waals surface area contributed by atoms with Gasteiger partial charge in [0.05, 0.1) is 18.1 Å². The lowest BCUT2D eigenvalue weighted by atomic mass is 10.1. The molecule has 1 aromatic rings. The van der Waals surface area contributed by atoms with Gasteiger partial charge in [-0.05, 0) is 48.2 Å². The number of carbonyl (C=O) groups excluding carboxylic acids is 1. The molecule has 19 heavy (non-hydrogen) atoms. The third kappa shape index (κ3) is 4.00. The number of hydrogen-bond acceptors (Lipinski definition) is 4. The van der Waals surface area contributed by atoms with Crippen molar-refractivity contribution in [3.63, 3.8) is 0 Å². The maximum absolute atomic E-state index is 12.1. The Balaban J connectivity index is 1.97. The van der Waals surface area contributed by atoms with Crippen molar-refractivity contribution in [3.8, 4) is 0 Å². The van der Waals surface area contributed by atoms with Gasteiger partial charge in [0.2, 0.25) is 0 Å². The Hall–Kier alpha value is -0.470. The van der Waals surface area contributed by atoms with Crippen LogP contribution in [0.3, 0.4) is 0 Å². The molecule has 1 aromatic carbocycles. The monoisotopic (exact) mass is 393 g/mol. The number of nitrogens with zero attached hydrogens (tertiary/aromatic N) is 1. The topological polar surface area (TPSA) is 54.5 Å². The molecule has 104 valence electrons. The van der Waals surface area contributed by atoms with Crippen molar-refractivity contribution in [2.45, 2.75) is 12.5 Å². The highest BCUT2D eigenvalue weighted by atomic mass is 127. The minimum Gasteiger partial charge on any atom is -0.295 e. The van der Waals surface area contributed by atoms with Gasteiger partial charge in [-0.3, -0.25) is 9.69 Å². The number of hydrogen-bond donors (Lipinski definition) is 0. The number of halogens is 1. The van der Waals surface area contributed by atoms with Gasteiger partial charge in [0.1, 0.15) is 0 Å². The normalized spacial score (nSPS) is 21.7. The van der Waals surface area contributed by atoms with Crippen LogP contribution in [-0.2, 0) is 9.84 Å². The Labute approximate surface area is 127 Å². The Kier molecular flexibility index (Phi) is 4.62. The molecule has 1 heterocycles. The van der Waals surface area contributed by atoms with Gasteiger partial charge in [0, 0.05) is 15.2 Å². The molecule has 0 bridgehead atoms. The fourth-order valence-corrected chi connectivity index (χ4v) is 4.37. The minimum absolute atomic E-state index is 0.0298. The molecular weight excluding hydrogens is 377 g/mol. The zero-order valence-corrected chi connectivity index (χ0v) is 13.6. The van der Waals surface area contributed by atoms with E-state index in [-0.39, 0.29) is 29.9 Å².